The maximum atomic E-state index is 13.8. The lowest BCUT2D eigenvalue weighted by Gasteiger charge is -2.17. The van der Waals surface area contributed by atoms with Gasteiger partial charge in [0, 0.05) is 25.5 Å². The van der Waals surface area contributed by atoms with Crippen LogP contribution in [0.25, 0.3) is 11.1 Å². The minimum Gasteiger partial charge on any atom is -0.533 e. The molecule has 0 aliphatic carbocycles. The Hall–Kier alpha value is -3.71. The first-order valence-electron chi connectivity index (χ1n) is 16.6. The van der Waals surface area contributed by atoms with E-state index >= 15 is 0 Å². The van der Waals surface area contributed by atoms with Crippen molar-refractivity contribution in [2.45, 2.75) is 107 Å². The van der Waals surface area contributed by atoms with Crippen molar-refractivity contribution in [1.82, 2.24) is 4.57 Å². The van der Waals surface area contributed by atoms with Crippen LogP contribution in [0.5, 0.6) is 0 Å². The quantitative estimate of drug-likeness (QED) is 0.168. The third kappa shape index (κ3) is 12.4. The van der Waals surface area contributed by atoms with Crippen LogP contribution in [0.1, 0.15) is 114 Å². The third-order valence-electron chi connectivity index (χ3n) is 7.28. The summed E-state index contributed by atoms with van der Waals surface area (Å²) in [6.07, 6.45) is 5.96. The molecule has 9 heteroatoms. The molecule has 8 nitrogen and oxygen atoms in total. The topological polar surface area (TPSA) is 121 Å². The highest BCUT2D eigenvalue weighted by molar-refractivity contribution is 6.49. The van der Waals surface area contributed by atoms with E-state index in [4.69, 9.17) is 14.5 Å². The summed E-state index contributed by atoms with van der Waals surface area (Å²) in [5, 5.41) is 8.97. The van der Waals surface area contributed by atoms with Gasteiger partial charge in [-0.2, -0.15) is 0 Å². The van der Waals surface area contributed by atoms with E-state index in [0.29, 0.717) is 24.9 Å². The number of aromatic nitrogens is 1. The van der Waals surface area contributed by atoms with Gasteiger partial charge in [0.05, 0.1) is 31.9 Å². The molecule has 0 saturated heterocycles. The van der Waals surface area contributed by atoms with Crippen molar-refractivity contribution in [3.05, 3.63) is 74.2 Å². The number of aryl methyl sites for hydroxylation is 1. The lowest BCUT2D eigenvalue weighted by molar-refractivity contribution is -0.134. The summed E-state index contributed by atoms with van der Waals surface area (Å²) >= 11 is 0. The molecule has 257 valence electrons. The molecule has 3 N–H and O–H groups in total. The molecule has 1 atom stereocenters. The number of nitrogens with zero attached hydrogens (tertiary/aromatic N) is 1. The number of methoxy groups -OCH3 is 1. The highest BCUT2D eigenvalue weighted by Crippen LogP contribution is 2.40. The second-order valence-corrected chi connectivity index (χ2v) is 10.4. The van der Waals surface area contributed by atoms with Crippen molar-refractivity contribution in [3.63, 3.8) is 0 Å². The first-order valence-corrected chi connectivity index (χ1v) is 16.6. The Morgan fingerprint density at radius 3 is 2.36 bits per heavy atom. The van der Waals surface area contributed by atoms with E-state index in [0.717, 1.165) is 63.7 Å². The van der Waals surface area contributed by atoms with Crippen LogP contribution in [-0.2, 0) is 32.1 Å². The minimum atomic E-state index is -0.478. The molecule has 1 radical (unpaired) electrons. The van der Waals surface area contributed by atoms with Gasteiger partial charge in [-0.15, -0.1) is 11.8 Å². The number of fused-ring (bicyclic) bond motifs is 1. The van der Waals surface area contributed by atoms with Gasteiger partial charge < -0.3 is 29.6 Å². The summed E-state index contributed by atoms with van der Waals surface area (Å²) in [6, 6.07) is 8.11. The number of allylic oxidation sites excluding steroid dienone is 4. The van der Waals surface area contributed by atoms with E-state index in [2.05, 4.69) is 57.4 Å². The predicted octanol–water partition coefficient (Wildman–Crippen LogP) is 5.86. The molecular formula is C38H56BN2O6. The molecule has 1 unspecified atom stereocenters. The number of aliphatic hydroxyl groups is 1. The van der Waals surface area contributed by atoms with Gasteiger partial charge in [-0.05, 0) is 84.6 Å². The van der Waals surface area contributed by atoms with Crippen molar-refractivity contribution in [2.24, 2.45) is 5.73 Å². The van der Waals surface area contributed by atoms with Crippen LogP contribution in [0, 0.1) is 18.8 Å². The predicted molar refractivity (Wildman–Crippen MR) is 196 cm³/mol. The van der Waals surface area contributed by atoms with Crippen molar-refractivity contribution >= 4 is 36.3 Å². The fraction of sp³-hybridized carbons (Fsp3) is 0.500. The Kier molecular flexibility index (Phi) is 22.5. The van der Waals surface area contributed by atoms with Crippen molar-refractivity contribution in [1.29, 1.82) is 0 Å². The molecule has 0 saturated carbocycles. The van der Waals surface area contributed by atoms with Crippen LogP contribution in [-0.4, -0.2) is 50.2 Å². The highest BCUT2D eigenvalue weighted by Gasteiger charge is 2.29. The largest absolute Gasteiger partial charge is 0.533 e. The first-order chi connectivity index (χ1) is 22.7. The zero-order valence-electron chi connectivity index (χ0n) is 30.3. The van der Waals surface area contributed by atoms with Crippen molar-refractivity contribution < 1.29 is 24.1 Å². The van der Waals surface area contributed by atoms with E-state index in [1.165, 1.54) is 14.5 Å². The SMILES string of the molecule is CC.CC#CCC(C)c1cc2n(c(=O)c1COC)CC(=C(\CC)c1cc([B]OC(=O)CCO)ccc1C)/C2=C\CC.CCC=O.CN. The van der Waals surface area contributed by atoms with Gasteiger partial charge in [0.2, 0.25) is 0 Å². The molecule has 1 aromatic heterocycles. The standard InChI is InChI=1S/C32H39BNO5.C3H6O.C2H6.CH5N/c1-7-10-12-21(4)27-18-30-25(11-8-2)28(19-34(30)32(37)29(27)20-38-6)24(9-3)26-17-23(14-13-22(26)5)33-39-31(36)15-16-35;1-2-3-4;2*1-2/h11,13-14,17-18,21,35H,8-9,12,15-16,19-20H2,1-6H3;3H,2H2,1H3;1-2H3;2H2,1H3/b25-11+,28-24-;;;. The minimum absolute atomic E-state index is 0.0114. The number of pyridine rings is 1. The monoisotopic (exact) mass is 647 g/mol. The molecule has 2 aromatic rings. The van der Waals surface area contributed by atoms with Gasteiger partial charge in [0.25, 0.3) is 11.5 Å². The van der Waals surface area contributed by atoms with Crippen LogP contribution in [0.4, 0.5) is 0 Å². The molecule has 0 amide bonds. The Balaban J connectivity index is 0.00000241. The number of rotatable bonds is 12. The number of ether oxygens (including phenoxy) is 1. The molecule has 1 aromatic carbocycles. The second kappa shape index (κ2) is 24.5. The lowest BCUT2D eigenvalue weighted by atomic mass is 9.82. The fourth-order valence-corrected chi connectivity index (χ4v) is 5.16. The first kappa shape index (κ1) is 43.3. The molecule has 0 spiro atoms. The van der Waals surface area contributed by atoms with Crippen LogP contribution in [0.2, 0.25) is 0 Å². The van der Waals surface area contributed by atoms with Crippen LogP contribution < -0.4 is 16.8 Å². The Labute approximate surface area is 283 Å². The summed E-state index contributed by atoms with van der Waals surface area (Å²) in [5.74, 6) is 5.76. The molecule has 47 heavy (non-hydrogen) atoms. The summed E-state index contributed by atoms with van der Waals surface area (Å²) < 4.78 is 12.5. The van der Waals surface area contributed by atoms with Gasteiger partial charge in [-0.1, -0.05) is 65.8 Å². The average molecular weight is 648 g/mol. The molecule has 1 aliphatic heterocycles. The van der Waals surface area contributed by atoms with Crippen molar-refractivity contribution in [2.75, 3.05) is 20.8 Å². The zero-order valence-corrected chi connectivity index (χ0v) is 30.3. The fourth-order valence-electron chi connectivity index (χ4n) is 5.16. The number of carbonyl (C=O) groups excluding carboxylic acids is 2. The number of carbonyl (C=O) groups is 2. The molecular weight excluding hydrogens is 591 g/mol. The molecule has 0 bridgehead atoms. The third-order valence-corrected chi connectivity index (χ3v) is 7.28. The maximum absolute atomic E-state index is 13.8. The Bertz CT molecular complexity index is 1460. The molecule has 2 heterocycles. The average Bonchev–Trinajstić information content (AvgIpc) is 3.45. The summed E-state index contributed by atoms with van der Waals surface area (Å²) in [7, 11) is 4.55. The van der Waals surface area contributed by atoms with Gasteiger partial charge in [-0.3, -0.25) is 9.59 Å². The van der Waals surface area contributed by atoms with Crippen molar-refractivity contribution in [3.8, 4) is 11.8 Å². The van der Waals surface area contributed by atoms with E-state index in [-0.39, 0.29) is 31.1 Å². The van der Waals surface area contributed by atoms with E-state index in [1.807, 2.05) is 50.5 Å². The number of aliphatic hydroxyl groups excluding tert-OH is 1. The molecule has 0 fully saturated rings. The van der Waals surface area contributed by atoms with Gasteiger partial charge in [0.15, 0.2) is 0 Å². The summed E-state index contributed by atoms with van der Waals surface area (Å²) in [4.78, 5) is 34.8. The summed E-state index contributed by atoms with van der Waals surface area (Å²) in [5.41, 5.74) is 13.4. The normalized spacial score (nSPS) is 13.6. The number of hydrogen-bond acceptors (Lipinski definition) is 7. The van der Waals surface area contributed by atoms with E-state index in [9.17, 15) is 14.4 Å². The lowest BCUT2D eigenvalue weighted by Crippen LogP contribution is -2.26. The van der Waals surface area contributed by atoms with E-state index < -0.39 is 5.97 Å². The number of nitrogens with two attached hydrogens (primary N) is 1. The van der Waals surface area contributed by atoms with Gasteiger partial charge in [-0.25, -0.2) is 0 Å². The smallest absolute Gasteiger partial charge is 0.412 e. The highest BCUT2D eigenvalue weighted by atomic mass is 16.5. The number of aldehydes is 1. The molecule has 1 aliphatic rings. The van der Waals surface area contributed by atoms with Crippen LogP contribution in [0.15, 0.2) is 40.7 Å². The molecule has 3 rings (SSSR count). The Morgan fingerprint density at radius 2 is 1.83 bits per heavy atom. The van der Waals surface area contributed by atoms with Crippen LogP contribution in [0.3, 0.4) is 0 Å². The van der Waals surface area contributed by atoms with Gasteiger partial charge in [0.1, 0.15) is 6.29 Å². The maximum Gasteiger partial charge on any atom is 0.412 e. The summed E-state index contributed by atoms with van der Waals surface area (Å²) in [6.45, 7) is 16.6. The second-order valence-electron chi connectivity index (χ2n) is 10.4. The van der Waals surface area contributed by atoms with Gasteiger partial charge >= 0.3 is 7.48 Å². The zero-order chi connectivity index (χ0) is 35.9. The number of hydrogen-bond donors (Lipinski definition) is 2. The van der Waals surface area contributed by atoms with Crippen LogP contribution >= 0.6 is 0 Å². The Morgan fingerprint density at radius 1 is 1.17 bits per heavy atom. The van der Waals surface area contributed by atoms with E-state index in [1.54, 1.807) is 7.11 Å². The number of benzene rings is 1.